The van der Waals surface area contributed by atoms with Gasteiger partial charge in [-0.25, -0.2) is 9.59 Å². The van der Waals surface area contributed by atoms with Crippen molar-refractivity contribution in [3.8, 4) is 11.5 Å². The largest absolute Gasteiger partial charge is 0.494 e. The third-order valence-corrected chi connectivity index (χ3v) is 4.19. The number of carbonyl (C=O) groups is 2. The Kier molecular flexibility index (Phi) is 7.67. The van der Waals surface area contributed by atoms with E-state index in [1.54, 1.807) is 24.3 Å². The molecule has 0 aliphatic heterocycles. The first-order valence-corrected chi connectivity index (χ1v) is 8.88. The van der Waals surface area contributed by atoms with Gasteiger partial charge in [-0.3, -0.25) is 0 Å². The fraction of sp³-hybridized carbons (Fsp3) is 0.333. The Bertz CT molecular complexity index is 736. The third kappa shape index (κ3) is 7.01. The van der Waals surface area contributed by atoms with Crippen LogP contribution < -0.4 is 9.47 Å². The van der Waals surface area contributed by atoms with Gasteiger partial charge in [0.2, 0.25) is 0 Å². The van der Waals surface area contributed by atoms with Crippen molar-refractivity contribution in [1.29, 1.82) is 0 Å². The molecule has 0 amide bonds. The van der Waals surface area contributed by atoms with Crippen molar-refractivity contribution in [3.05, 3.63) is 59.7 Å². The molecule has 6 nitrogen and oxygen atoms in total. The van der Waals surface area contributed by atoms with Gasteiger partial charge in [-0.1, -0.05) is 6.92 Å². The summed E-state index contributed by atoms with van der Waals surface area (Å²) < 4.78 is 11.3. The predicted octanol–water partition coefficient (Wildman–Crippen LogP) is 4.35. The molecule has 0 fully saturated rings. The van der Waals surface area contributed by atoms with Crippen LogP contribution in [0.3, 0.4) is 0 Å². The van der Waals surface area contributed by atoms with E-state index in [0.29, 0.717) is 30.6 Å². The van der Waals surface area contributed by atoms with Gasteiger partial charge in [0.15, 0.2) is 0 Å². The van der Waals surface area contributed by atoms with Crippen LogP contribution in [-0.4, -0.2) is 35.4 Å². The number of rotatable bonds is 11. The van der Waals surface area contributed by atoms with E-state index in [9.17, 15) is 9.59 Å². The van der Waals surface area contributed by atoms with Crippen LogP contribution in [0.15, 0.2) is 48.5 Å². The summed E-state index contributed by atoms with van der Waals surface area (Å²) in [5.41, 5.74) is 0.488. The molecule has 6 heteroatoms. The van der Waals surface area contributed by atoms with Crippen molar-refractivity contribution in [1.82, 2.24) is 0 Å². The minimum Gasteiger partial charge on any atom is -0.494 e. The first-order valence-electron chi connectivity index (χ1n) is 8.88. The standard InChI is InChI=1S/C21H24O6/c1-15(12-14-27-19-10-6-17(7-11-19)21(24)25)3-2-13-26-18-8-4-16(5-9-18)20(22)23/h4-11,15H,2-3,12-14H2,1H3,(H,22,23)(H,24,25)/t15-/m1/s1. The lowest BCUT2D eigenvalue weighted by molar-refractivity contribution is 0.0686. The second-order valence-corrected chi connectivity index (χ2v) is 6.39. The maximum Gasteiger partial charge on any atom is 0.335 e. The van der Waals surface area contributed by atoms with Gasteiger partial charge in [0.1, 0.15) is 11.5 Å². The topological polar surface area (TPSA) is 93.1 Å². The highest BCUT2D eigenvalue weighted by Gasteiger charge is 2.06. The smallest absolute Gasteiger partial charge is 0.335 e. The Labute approximate surface area is 158 Å². The Morgan fingerprint density at radius 1 is 0.778 bits per heavy atom. The third-order valence-electron chi connectivity index (χ3n) is 4.19. The Balaban J connectivity index is 1.59. The van der Waals surface area contributed by atoms with Gasteiger partial charge in [-0.15, -0.1) is 0 Å². The molecule has 1 atom stereocenters. The van der Waals surface area contributed by atoms with Crippen LogP contribution in [-0.2, 0) is 0 Å². The van der Waals surface area contributed by atoms with Crippen molar-refractivity contribution in [2.45, 2.75) is 26.2 Å². The molecular formula is C21H24O6. The number of carboxylic acid groups (broad SMARTS) is 2. The minimum atomic E-state index is -0.949. The number of carboxylic acids is 2. The number of hydrogen-bond donors (Lipinski definition) is 2. The van der Waals surface area contributed by atoms with Crippen molar-refractivity contribution < 1.29 is 29.3 Å². The van der Waals surface area contributed by atoms with E-state index in [4.69, 9.17) is 19.7 Å². The summed E-state index contributed by atoms with van der Waals surface area (Å²) in [7, 11) is 0. The Morgan fingerprint density at radius 2 is 1.22 bits per heavy atom. The number of hydrogen-bond acceptors (Lipinski definition) is 4. The monoisotopic (exact) mass is 372 g/mol. The molecule has 2 aromatic carbocycles. The summed E-state index contributed by atoms with van der Waals surface area (Å²) >= 11 is 0. The molecule has 0 aliphatic rings. The highest BCUT2D eigenvalue weighted by Crippen LogP contribution is 2.16. The van der Waals surface area contributed by atoms with Crippen molar-refractivity contribution in [2.24, 2.45) is 5.92 Å². The van der Waals surface area contributed by atoms with Gasteiger partial charge in [0.25, 0.3) is 0 Å². The lowest BCUT2D eigenvalue weighted by atomic mass is 10.0. The summed E-state index contributed by atoms with van der Waals surface area (Å²) in [5.74, 6) is -0.0898. The molecule has 0 aromatic heterocycles. The van der Waals surface area contributed by atoms with Gasteiger partial charge in [0, 0.05) is 0 Å². The number of ether oxygens (including phenoxy) is 2. The molecular weight excluding hydrogens is 348 g/mol. The molecule has 2 N–H and O–H groups in total. The summed E-state index contributed by atoms with van der Waals surface area (Å²) in [6.45, 7) is 3.30. The van der Waals surface area contributed by atoms with Gasteiger partial charge in [0.05, 0.1) is 24.3 Å². The van der Waals surface area contributed by atoms with Crippen molar-refractivity contribution in [2.75, 3.05) is 13.2 Å². The average molecular weight is 372 g/mol. The van der Waals surface area contributed by atoms with Crippen LogP contribution >= 0.6 is 0 Å². The number of aromatic carboxylic acids is 2. The SMILES string of the molecule is C[C@H](CCCOc1ccc(C(=O)O)cc1)CCOc1ccc(C(=O)O)cc1. The quantitative estimate of drug-likeness (QED) is 0.570. The first-order chi connectivity index (χ1) is 13.0. The molecule has 0 heterocycles. The maximum atomic E-state index is 10.8. The van der Waals surface area contributed by atoms with Crippen LogP contribution in [0.2, 0.25) is 0 Å². The second-order valence-electron chi connectivity index (χ2n) is 6.39. The lowest BCUT2D eigenvalue weighted by Crippen LogP contribution is -2.07. The highest BCUT2D eigenvalue weighted by atomic mass is 16.5. The fourth-order valence-corrected chi connectivity index (χ4v) is 2.53. The lowest BCUT2D eigenvalue weighted by Gasteiger charge is -2.13. The number of benzene rings is 2. The van der Waals surface area contributed by atoms with E-state index in [2.05, 4.69) is 6.92 Å². The van der Waals surface area contributed by atoms with Crippen LogP contribution in [0, 0.1) is 5.92 Å². The van der Waals surface area contributed by atoms with E-state index in [1.165, 1.54) is 24.3 Å². The summed E-state index contributed by atoms with van der Waals surface area (Å²) in [5, 5.41) is 17.7. The van der Waals surface area contributed by atoms with Crippen LogP contribution in [0.1, 0.15) is 46.9 Å². The van der Waals surface area contributed by atoms with E-state index in [1.807, 2.05) is 0 Å². The zero-order valence-electron chi connectivity index (χ0n) is 15.3. The molecule has 0 radical (unpaired) electrons. The molecule has 0 bridgehead atoms. The normalized spacial score (nSPS) is 11.6. The van der Waals surface area contributed by atoms with E-state index >= 15 is 0 Å². The van der Waals surface area contributed by atoms with Crippen LogP contribution in [0.5, 0.6) is 11.5 Å². The fourth-order valence-electron chi connectivity index (χ4n) is 2.53. The highest BCUT2D eigenvalue weighted by molar-refractivity contribution is 5.88. The van der Waals surface area contributed by atoms with Gasteiger partial charge >= 0.3 is 11.9 Å². The van der Waals surface area contributed by atoms with Gasteiger partial charge in [-0.05, 0) is 73.7 Å². The molecule has 0 saturated heterocycles. The van der Waals surface area contributed by atoms with E-state index < -0.39 is 11.9 Å². The molecule has 2 aromatic rings. The Morgan fingerprint density at radius 3 is 1.67 bits per heavy atom. The predicted molar refractivity (Wildman–Crippen MR) is 101 cm³/mol. The zero-order chi connectivity index (χ0) is 19.6. The molecule has 2 rings (SSSR count). The second kappa shape index (κ2) is 10.2. The van der Waals surface area contributed by atoms with Crippen LogP contribution in [0.4, 0.5) is 0 Å². The molecule has 144 valence electrons. The average Bonchev–Trinajstić information content (AvgIpc) is 2.66. The summed E-state index contributed by atoms with van der Waals surface area (Å²) in [6.07, 6.45) is 2.79. The van der Waals surface area contributed by atoms with Crippen LogP contribution in [0.25, 0.3) is 0 Å². The van der Waals surface area contributed by atoms with E-state index in [0.717, 1.165) is 19.3 Å². The van der Waals surface area contributed by atoms with Gasteiger partial charge < -0.3 is 19.7 Å². The molecule has 0 saturated carbocycles. The maximum absolute atomic E-state index is 10.8. The summed E-state index contributed by atoms with van der Waals surface area (Å²) in [6, 6.07) is 12.8. The van der Waals surface area contributed by atoms with Crippen molar-refractivity contribution in [3.63, 3.8) is 0 Å². The van der Waals surface area contributed by atoms with E-state index in [-0.39, 0.29) is 11.1 Å². The summed E-state index contributed by atoms with van der Waals surface area (Å²) in [4.78, 5) is 21.6. The zero-order valence-corrected chi connectivity index (χ0v) is 15.3. The first kappa shape index (κ1) is 20.3. The van der Waals surface area contributed by atoms with Gasteiger partial charge in [-0.2, -0.15) is 0 Å². The molecule has 0 aliphatic carbocycles. The van der Waals surface area contributed by atoms with Crippen molar-refractivity contribution >= 4 is 11.9 Å². The Hall–Kier alpha value is -3.02. The molecule has 0 unspecified atom stereocenters. The molecule has 27 heavy (non-hydrogen) atoms. The minimum absolute atomic E-state index is 0.244. The molecule has 0 spiro atoms.